The van der Waals surface area contributed by atoms with Crippen LogP contribution in [0.5, 0.6) is 0 Å². The average Bonchev–Trinajstić information content (AvgIpc) is 0.926. The highest BCUT2D eigenvalue weighted by Crippen LogP contribution is 2.27. The second kappa shape index (κ2) is 77.7. The lowest BCUT2D eigenvalue weighted by Crippen LogP contribution is -2.40. The van der Waals surface area contributed by atoms with Gasteiger partial charge in [0.25, 0.3) is 0 Å². The first-order valence-corrected chi connectivity index (χ1v) is 53.5. The average molecular weight is 1930 g/mol. The third-order valence-corrected chi connectivity index (χ3v) is 21.5. The minimum atomic E-state index is -0.566. The van der Waals surface area contributed by atoms with E-state index >= 15 is 0 Å². The topological polar surface area (TPSA) is 346 Å². The first-order chi connectivity index (χ1) is 63.3. The minimum Gasteiger partial charge on any atom is -0.451 e. The van der Waals surface area contributed by atoms with Crippen molar-refractivity contribution in [3.05, 3.63) is 0 Å². The molecule has 29 heteroatoms. The number of alkyl carbamates (subject to hydrolysis) is 3. The molecule has 0 atom stereocenters. The fourth-order valence-electron chi connectivity index (χ4n) is 14.9. The normalized spacial score (nSPS) is 16.0. The largest absolute Gasteiger partial charge is 0.451 e. The Kier molecular flexibility index (Phi) is 75.4. The van der Waals surface area contributed by atoms with E-state index in [1.54, 1.807) is 56.2 Å². The van der Waals surface area contributed by atoms with E-state index in [1.165, 1.54) is 217 Å². The number of amides is 7. The third-order valence-electron chi connectivity index (χ3n) is 21.5. The number of hydrogen-bond acceptors (Lipinski definition) is 22. The standard InChI is InChI=1S/C33H65N3O4.C24H51N3.C17H34N2O4.C16H32N2O5.C16H30N2O4/c1-32(2,3)39-30(37)35-25-20-28-36(31(38)40-33(4,5)6)27-19-24-34-26-23-29-21-17-15-13-11-9-7-8-10-12-14-16-18-22-29;25-19-13-14-20-26-21-15-22-27-23-18-24-16-11-9-7-5-3-1-2-4-6-8-10-12-17-24;1-8-9-12-19(15(21)23-17(5,6)7)13-10-11-18-14(20)22-16(2,3)4;1-15(2,3)22-13(20)17-9-7-10-18(11-8-12-19)14(21)23-16(4,5)6;1-15(2,3)21-13-17-9-7-10-18(11-8-12-20-13)14(19)22-16(4,5)6/h29,34H,7-28H2,1-6H3,(H,35,37);24,26-27H,1-23,25H2;8-13H2,1-7H3,(H,18,20);19H,7-12H2,1-6H3,(H,17,20);7-12H2,1-6H3. The fourth-order valence-corrected chi connectivity index (χ4v) is 14.9. The zero-order chi connectivity index (χ0) is 102. The summed E-state index contributed by atoms with van der Waals surface area (Å²) in [5.41, 5.74) is 1.54. The molecule has 798 valence electrons. The maximum absolute atomic E-state index is 12.8. The van der Waals surface area contributed by atoms with Crippen molar-refractivity contribution in [2.75, 3.05) is 138 Å². The molecule has 29 nitrogen and oxygen atoms in total. The van der Waals surface area contributed by atoms with Gasteiger partial charge < -0.3 is 105 Å². The number of aliphatic hydroxyl groups excluding tert-OH is 1. The molecule has 1 heterocycles. The van der Waals surface area contributed by atoms with Gasteiger partial charge >= 0.3 is 48.7 Å². The summed E-state index contributed by atoms with van der Waals surface area (Å²) in [6, 6.07) is 0. The molecule has 2 saturated carbocycles. The highest BCUT2D eigenvalue weighted by atomic mass is 16.7. The Morgan fingerprint density at radius 2 is 0.637 bits per heavy atom. The third kappa shape index (κ3) is 92.7. The van der Waals surface area contributed by atoms with Gasteiger partial charge in [-0.1, -0.05) is 193 Å². The molecule has 2 fully saturated rings. The molecule has 0 aromatic heterocycles. The number of nitrogens with one attached hydrogen (secondary N) is 6. The van der Waals surface area contributed by atoms with E-state index in [9.17, 15) is 33.6 Å². The lowest BCUT2D eigenvalue weighted by molar-refractivity contribution is 0.0212. The number of unbranched alkanes of at least 4 members (excludes halogenated alkanes) is 2. The summed E-state index contributed by atoms with van der Waals surface area (Å²) in [5, 5.41) is 27.9. The summed E-state index contributed by atoms with van der Waals surface area (Å²) in [6.07, 6.45) is 51.0. The summed E-state index contributed by atoms with van der Waals surface area (Å²) >= 11 is 0. The molecule has 9 N–H and O–H groups in total. The zero-order valence-electron chi connectivity index (χ0n) is 91.5. The summed E-state index contributed by atoms with van der Waals surface area (Å²) < 4.78 is 48.6. The molecule has 0 bridgehead atoms. The van der Waals surface area contributed by atoms with E-state index < -0.39 is 63.6 Å². The SMILES string of the molecule is CC(C)(C)OC(=O)N1CCCN=C(OC(C)(C)C)OCCC1.CC(C)(C)OC(=O)NCCCN(CCCNCCC1CCCCCCCCCCCCCC1)C(=O)OC(C)(C)C.CC(C)(C)OC(=O)NCCCN(CCCO)C(=O)OC(C)(C)C.CCCCN(CCCNC(=O)OC(C)(C)C)C(=O)OC(C)(C)C.NCCCCNCCCNCCC1CCCCCCCCCCCCCC1. The van der Waals surface area contributed by atoms with Gasteiger partial charge in [-0.2, -0.15) is 0 Å². The van der Waals surface area contributed by atoms with Crippen molar-refractivity contribution in [1.29, 1.82) is 0 Å². The number of nitrogens with zero attached hydrogens (tertiary/aromatic N) is 5. The molecular formula is C106H212N12O17. The van der Waals surface area contributed by atoms with Gasteiger partial charge in [0.05, 0.1) is 6.61 Å². The highest BCUT2D eigenvalue weighted by molar-refractivity contribution is 5.71. The number of carbonyl (C=O) groups is 7. The Balaban J connectivity index is 0. The number of aliphatic imine (C=N–C) groups is 1. The van der Waals surface area contributed by atoms with Crippen molar-refractivity contribution in [2.24, 2.45) is 22.6 Å². The maximum atomic E-state index is 12.8. The molecule has 0 aromatic rings. The molecule has 2 aliphatic carbocycles. The van der Waals surface area contributed by atoms with Gasteiger partial charge in [-0.05, 0) is 307 Å². The Morgan fingerprint density at radius 1 is 0.348 bits per heavy atom. The van der Waals surface area contributed by atoms with E-state index in [1.807, 2.05) is 125 Å². The second-order valence-corrected chi connectivity index (χ2v) is 45.0. The quantitative estimate of drug-likeness (QED) is 0.0213. The summed E-state index contributed by atoms with van der Waals surface area (Å²) in [4.78, 5) is 95.2. The van der Waals surface area contributed by atoms with Crippen LogP contribution in [0.25, 0.3) is 0 Å². The predicted octanol–water partition coefficient (Wildman–Crippen LogP) is 24.0. The first-order valence-electron chi connectivity index (χ1n) is 53.5. The van der Waals surface area contributed by atoms with Crippen LogP contribution < -0.4 is 37.6 Å². The molecule has 0 aromatic carbocycles. The van der Waals surface area contributed by atoms with Crippen LogP contribution in [0.4, 0.5) is 33.6 Å². The Hall–Kier alpha value is -6.04. The lowest BCUT2D eigenvalue weighted by atomic mass is 9.91. The molecule has 1 aliphatic heterocycles. The van der Waals surface area contributed by atoms with Crippen molar-refractivity contribution in [3.8, 4) is 0 Å². The van der Waals surface area contributed by atoms with Crippen LogP contribution in [0, 0.1) is 11.8 Å². The molecule has 0 radical (unpaired) electrons. The van der Waals surface area contributed by atoms with E-state index in [2.05, 4.69) is 43.8 Å². The minimum absolute atomic E-state index is 0.00938. The van der Waals surface area contributed by atoms with Crippen LogP contribution in [0.2, 0.25) is 0 Å². The monoisotopic (exact) mass is 1930 g/mol. The van der Waals surface area contributed by atoms with Gasteiger partial charge in [0.15, 0.2) is 0 Å². The number of nitrogens with two attached hydrogens (primary N) is 1. The van der Waals surface area contributed by atoms with Gasteiger partial charge in [-0.3, -0.25) is 0 Å². The maximum Gasteiger partial charge on any atom is 0.410 e. The Labute approximate surface area is 825 Å². The number of ether oxygens (including phenoxy) is 9. The van der Waals surface area contributed by atoms with Crippen molar-refractivity contribution < 1.29 is 81.3 Å². The van der Waals surface area contributed by atoms with Crippen molar-refractivity contribution >= 4 is 48.7 Å². The van der Waals surface area contributed by atoms with E-state index in [0.717, 1.165) is 83.2 Å². The van der Waals surface area contributed by atoms with Crippen LogP contribution in [-0.4, -0.2) is 256 Å². The van der Waals surface area contributed by atoms with Gasteiger partial charge in [0, 0.05) is 85.1 Å². The molecule has 0 spiro atoms. The van der Waals surface area contributed by atoms with E-state index in [4.69, 9.17) is 53.5 Å². The fraction of sp³-hybridized carbons (Fsp3) is 0.925. The van der Waals surface area contributed by atoms with Crippen LogP contribution in [0.3, 0.4) is 0 Å². The van der Waals surface area contributed by atoms with Gasteiger partial charge in [-0.15, -0.1) is 0 Å². The summed E-state index contributed by atoms with van der Waals surface area (Å²) in [7, 11) is 0. The number of aliphatic hydroxyl groups is 1. The molecule has 0 unspecified atom stereocenters. The Bertz CT molecular complexity index is 2860. The van der Waals surface area contributed by atoms with Crippen molar-refractivity contribution in [1.82, 2.24) is 51.5 Å². The van der Waals surface area contributed by atoms with Gasteiger partial charge in [-0.25, -0.2) is 38.6 Å². The molecule has 7 amide bonds. The van der Waals surface area contributed by atoms with Crippen LogP contribution >= 0.6 is 0 Å². The van der Waals surface area contributed by atoms with Crippen LogP contribution in [0.1, 0.15) is 443 Å². The van der Waals surface area contributed by atoms with Gasteiger partial charge in [0.2, 0.25) is 0 Å². The van der Waals surface area contributed by atoms with Crippen LogP contribution in [0.15, 0.2) is 4.99 Å². The highest BCUT2D eigenvalue weighted by Gasteiger charge is 2.29. The summed E-state index contributed by atoms with van der Waals surface area (Å²) in [5.74, 6) is 1.81. The summed E-state index contributed by atoms with van der Waals surface area (Å²) in [6.45, 7) is 60.8. The lowest BCUT2D eigenvalue weighted by Gasteiger charge is -2.28. The zero-order valence-corrected chi connectivity index (χ0v) is 91.5. The smallest absolute Gasteiger partial charge is 0.410 e. The van der Waals surface area contributed by atoms with Gasteiger partial charge in [0.1, 0.15) is 44.8 Å². The molecular weight excluding hydrogens is 1710 g/mol. The van der Waals surface area contributed by atoms with E-state index in [-0.39, 0.29) is 30.5 Å². The molecule has 0 saturated heterocycles. The first kappa shape index (κ1) is 131. The number of hydrogen-bond donors (Lipinski definition) is 8. The van der Waals surface area contributed by atoms with E-state index in [0.29, 0.717) is 123 Å². The number of carbonyl (C=O) groups excluding carboxylic acids is 7. The van der Waals surface area contributed by atoms with Crippen molar-refractivity contribution in [2.45, 2.75) is 488 Å². The molecule has 3 aliphatic rings. The van der Waals surface area contributed by atoms with Crippen molar-refractivity contribution in [3.63, 3.8) is 0 Å². The number of rotatable bonds is 36. The predicted molar refractivity (Wildman–Crippen MR) is 554 cm³/mol. The Morgan fingerprint density at radius 3 is 0.948 bits per heavy atom. The molecule has 135 heavy (non-hydrogen) atoms. The van der Waals surface area contributed by atoms with Crippen LogP contribution in [-0.2, 0) is 42.6 Å². The second-order valence-electron chi connectivity index (χ2n) is 45.0. The molecule has 3 rings (SSSR count).